The summed E-state index contributed by atoms with van der Waals surface area (Å²) in [5.74, 6) is -0.273. The number of ether oxygens (including phenoxy) is 12. The van der Waals surface area contributed by atoms with Crippen molar-refractivity contribution in [3.05, 3.63) is 0 Å². The van der Waals surface area contributed by atoms with Crippen LogP contribution in [0.2, 0.25) is 0 Å². The minimum Gasteiger partial charge on any atom is -0.463 e. The molecule has 0 rings (SSSR count). The number of unbranched alkanes of at least 4 members (excludes halogenated alkanes) is 7. The summed E-state index contributed by atoms with van der Waals surface area (Å²) < 4.78 is 65.3. The fourth-order valence-electron chi connectivity index (χ4n) is 4.85. The first-order valence-electron chi connectivity index (χ1n) is 20.7. The Morgan fingerprint density at radius 2 is 0.648 bits per heavy atom. The van der Waals surface area contributed by atoms with Crippen LogP contribution in [0.4, 0.5) is 0 Å². The number of hydrogen-bond acceptors (Lipinski definition) is 14. The van der Waals surface area contributed by atoms with Crippen LogP contribution in [0.1, 0.15) is 97.8 Å². The molecule has 322 valence electrons. The molecule has 0 N–H and O–H groups in total. The van der Waals surface area contributed by atoms with E-state index in [0.717, 1.165) is 38.5 Å². The minimum atomic E-state index is -0.143. The van der Waals surface area contributed by atoms with Gasteiger partial charge in [-0.1, -0.05) is 72.1 Å². The van der Waals surface area contributed by atoms with Crippen molar-refractivity contribution in [2.24, 2.45) is 5.92 Å². The molecule has 0 aromatic carbocycles. The molecule has 0 saturated heterocycles. The highest BCUT2D eigenvalue weighted by Gasteiger charge is 2.17. The summed E-state index contributed by atoms with van der Waals surface area (Å²) in [6.07, 6.45) is 12.6. The van der Waals surface area contributed by atoms with Crippen molar-refractivity contribution in [1.82, 2.24) is 0 Å². The summed E-state index contributed by atoms with van der Waals surface area (Å²) >= 11 is 0. The van der Waals surface area contributed by atoms with E-state index in [4.69, 9.17) is 56.8 Å². The fourth-order valence-corrected chi connectivity index (χ4v) is 4.85. The molecule has 1 atom stereocenters. The zero-order valence-electron chi connectivity index (χ0n) is 34.3. The second-order valence-electron chi connectivity index (χ2n) is 12.6. The van der Waals surface area contributed by atoms with E-state index >= 15 is 0 Å². The highest BCUT2D eigenvalue weighted by molar-refractivity contribution is 5.72. The quantitative estimate of drug-likeness (QED) is 0.0558. The molecule has 0 spiro atoms. The van der Waals surface area contributed by atoms with Gasteiger partial charge in [0.1, 0.15) is 13.2 Å². The SMILES string of the molecule is CCCCCCCCCC(=O)OCCOCCOCCOCCOCCOCCOCCOCCOCCOCCOCCOC(=O)C(CC)CCCC. The van der Waals surface area contributed by atoms with Crippen LogP contribution in [0.15, 0.2) is 0 Å². The fraction of sp³-hybridized carbons (Fsp3) is 0.950. The monoisotopic (exact) mass is 783 g/mol. The zero-order chi connectivity index (χ0) is 39.3. The summed E-state index contributed by atoms with van der Waals surface area (Å²) in [5.41, 5.74) is 0. The molecule has 14 heteroatoms. The minimum absolute atomic E-state index is 0.00693. The van der Waals surface area contributed by atoms with Crippen LogP contribution in [-0.4, -0.2) is 157 Å². The molecule has 14 nitrogen and oxygen atoms in total. The lowest BCUT2D eigenvalue weighted by Gasteiger charge is -2.13. The lowest BCUT2D eigenvalue weighted by Crippen LogP contribution is -2.20. The van der Waals surface area contributed by atoms with Crippen molar-refractivity contribution in [2.45, 2.75) is 97.8 Å². The number of rotatable bonds is 46. The molecule has 0 saturated carbocycles. The number of carbonyl (C=O) groups is 2. The summed E-state index contributed by atoms with van der Waals surface area (Å²) in [6.45, 7) is 16.3. The van der Waals surface area contributed by atoms with Crippen LogP contribution >= 0.6 is 0 Å². The molecule has 0 heterocycles. The van der Waals surface area contributed by atoms with Crippen LogP contribution in [0.25, 0.3) is 0 Å². The van der Waals surface area contributed by atoms with Crippen molar-refractivity contribution in [2.75, 3.05) is 145 Å². The second-order valence-corrected chi connectivity index (χ2v) is 12.6. The summed E-state index contributed by atoms with van der Waals surface area (Å²) in [4.78, 5) is 23.8. The van der Waals surface area contributed by atoms with E-state index in [2.05, 4.69) is 13.8 Å². The molecule has 54 heavy (non-hydrogen) atoms. The lowest BCUT2D eigenvalue weighted by molar-refractivity contribution is -0.150. The standard InChI is InChI=1S/C40H78O14/c1-4-7-9-10-11-12-13-15-39(41)53-36-34-51-32-30-49-28-26-47-24-22-45-20-18-43-16-17-44-19-21-46-23-25-48-27-29-50-31-33-52-35-37-54-40(42)38(6-3)14-8-5-2/h38H,4-37H2,1-3H3. The molecule has 0 fully saturated rings. The smallest absolute Gasteiger partial charge is 0.308 e. The Balaban J connectivity index is 3.17. The van der Waals surface area contributed by atoms with E-state index in [0.29, 0.717) is 139 Å². The molecule has 0 aliphatic rings. The first kappa shape index (κ1) is 52.5. The summed E-state index contributed by atoms with van der Waals surface area (Å²) in [5, 5.41) is 0. The molecule has 0 aromatic heterocycles. The van der Waals surface area contributed by atoms with Gasteiger partial charge in [-0.05, 0) is 19.3 Å². The topological polar surface area (TPSA) is 145 Å². The second kappa shape index (κ2) is 45.9. The maximum absolute atomic E-state index is 12.0. The Morgan fingerprint density at radius 3 is 0.981 bits per heavy atom. The Morgan fingerprint density at radius 1 is 0.352 bits per heavy atom. The average Bonchev–Trinajstić information content (AvgIpc) is 3.18. The van der Waals surface area contributed by atoms with Gasteiger partial charge in [-0.15, -0.1) is 0 Å². The van der Waals surface area contributed by atoms with Crippen LogP contribution in [-0.2, 0) is 66.4 Å². The third kappa shape index (κ3) is 41.7. The van der Waals surface area contributed by atoms with Crippen molar-refractivity contribution < 1.29 is 66.4 Å². The number of hydrogen-bond donors (Lipinski definition) is 0. The van der Waals surface area contributed by atoms with Crippen LogP contribution in [0.3, 0.4) is 0 Å². The van der Waals surface area contributed by atoms with E-state index in [1.54, 1.807) is 0 Å². The third-order valence-electron chi connectivity index (χ3n) is 8.03. The van der Waals surface area contributed by atoms with Gasteiger partial charge in [0.2, 0.25) is 0 Å². The van der Waals surface area contributed by atoms with Gasteiger partial charge in [0.05, 0.1) is 138 Å². The molecule has 0 radical (unpaired) electrons. The van der Waals surface area contributed by atoms with Gasteiger partial charge in [0, 0.05) is 6.42 Å². The predicted molar refractivity (Wildman–Crippen MR) is 206 cm³/mol. The Hall–Kier alpha value is -1.46. The van der Waals surface area contributed by atoms with Gasteiger partial charge in [0.25, 0.3) is 0 Å². The normalized spacial score (nSPS) is 12.0. The van der Waals surface area contributed by atoms with E-state index in [1.807, 2.05) is 6.92 Å². The molecule has 0 aliphatic heterocycles. The number of esters is 2. The highest BCUT2D eigenvalue weighted by Crippen LogP contribution is 2.14. The highest BCUT2D eigenvalue weighted by atomic mass is 16.6. The Bertz CT molecular complexity index is 760. The first-order valence-corrected chi connectivity index (χ1v) is 20.7. The lowest BCUT2D eigenvalue weighted by atomic mass is 10.00. The van der Waals surface area contributed by atoms with E-state index in [-0.39, 0.29) is 31.1 Å². The van der Waals surface area contributed by atoms with E-state index < -0.39 is 0 Å². The van der Waals surface area contributed by atoms with Gasteiger partial charge in [0.15, 0.2) is 0 Å². The van der Waals surface area contributed by atoms with Gasteiger partial charge >= 0.3 is 11.9 Å². The molecule has 1 unspecified atom stereocenters. The van der Waals surface area contributed by atoms with Crippen molar-refractivity contribution in [1.29, 1.82) is 0 Å². The first-order chi connectivity index (χ1) is 26.7. The van der Waals surface area contributed by atoms with Crippen molar-refractivity contribution in [3.63, 3.8) is 0 Å². The molecule has 0 aliphatic carbocycles. The maximum Gasteiger partial charge on any atom is 0.308 e. The van der Waals surface area contributed by atoms with Crippen LogP contribution in [0, 0.1) is 5.92 Å². The molecule has 0 bridgehead atoms. The number of carbonyl (C=O) groups excluding carboxylic acids is 2. The Labute approximate surface area is 327 Å². The summed E-state index contributed by atoms with van der Waals surface area (Å²) in [7, 11) is 0. The van der Waals surface area contributed by atoms with Gasteiger partial charge in [-0.25, -0.2) is 0 Å². The van der Waals surface area contributed by atoms with E-state index in [9.17, 15) is 9.59 Å². The van der Waals surface area contributed by atoms with Gasteiger partial charge < -0.3 is 56.8 Å². The zero-order valence-corrected chi connectivity index (χ0v) is 34.3. The predicted octanol–water partition coefficient (Wildman–Crippen LogP) is 5.60. The Kier molecular flexibility index (Phi) is 44.7. The van der Waals surface area contributed by atoms with Crippen LogP contribution < -0.4 is 0 Å². The van der Waals surface area contributed by atoms with Gasteiger partial charge in [-0.2, -0.15) is 0 Å². The maximum atomic E-state index is 12.0. The van der Waals surface area contributed by atoms with Crippen molar-refractivity contribution in [3.8, 4) is 0 Å². The van der Waals surface area contributed by atoms with E-state index in [1.165, 1.54) is 32.1 Å². The average molecular weight is 783 g/mol. The van der Waals surface area contributed by atoms with Crippen molar-refractivity contribution >= 4 is 11.9 Å². The molecular formula is C40H78O14. The third-order valence-corrected chi connectivity index (χ3v) is 8.03. The van der Waals surface area contributed by atoms with Crippen LogP contribution in [0.5, 0.6) is 0 Å². The molecule has 0 aromatic rings. The molecule has 0 amide bonds. The van der Waals surface area contributed by atoms with Gasteiger partial charge in [-0.3, -0.25) is 9.59 Å². The molecular weight excluding hydrogens is 704 g/mol. The largest absolute Gasteiger partial charge is 0.463 e. The summed E-state index contributed by atoms with van der Waals surface area (Å²) in [6, 6.07) is 0.